The molecule has 0 aromatic heterocycles. The van der Waals surface area contributed by atoms with Crippen molar-refractivity contribution in [1.29, 1.82) is 0 Å². The first kappa shape index (κ1) is 28.8. The molecule has 3 aromatic carbocycles. The number of phenolic OH excluding ortho intramolecular Hbond substituents is 4. The molecule has 0 fully saturated rings. The predicted octanol–water partition coefficient (Wildman–Crippen LogP) is 3.77. The standard InChI is InChI=1S/C28H28O11/c1-14(29)12-21(33)38-27-23(17-4-8-19(31)9-5-17)26(36)28(39-22(34)13-15(2)37-16(3)30)24(25(27)35)18-6-10-20(32)11-7-18/h4-11,14-15,29,31-32,35-36H,12-13H2,1-3H3. The topological polar surface area (TPSA) is 180 Å². The van der Waals surface area contributed by atoms with E-state index in [2.05, 4.69) is 0 Å². The molecule has 39 heavy (non-hydrogen) atoms. The molecule has 0 heterocycles. The Bertz CT molecular complexity index is 1360. The molecular formula is C28H28O11. The van der Waals surface area contributed by atoms with Crippen LogP contribution >= 0.6 is 0 Å². The van der Waals surface area contributed by atoms with E-state index in [-0.39, 0.29) is 33.8 Å². The number of rotatable bonds is 9. The fraction of sp³-hybridized carbons (Fsp3) is 0.250. The fourth-order valence-corrected chi connectivity index (χ4v) is 3.78. The molecule has 11 nitrogen and oxygen atoms in total. The smallest absolute Gasteiger partial charge is 0.315 e. The molecule has 0 aliphatic carbocycles. The van der Waals surface area contributed by atoms with Crippen LogP contribution in [0, 0.1) is 0 Å². The highest BCUT2D eigenvalue weighted by Gasteiger charge is 2.31. The molecular weight excluding hydrogens is 512 g/mol. The van der Waals surface area contributed by atoms with Crippen molar-refractivity contribution < 1.29 is 54.1 Å². The minimum atomic E-state index is -1.07. The van der Waals surface area contributed by atoms with Crippen LogP contribution in [0.2, 0.25) is 0 Å². The number of hydrogen-bond donors (Lipinski definition) is 5. The van der Waals surface area contributed by atoms with Crippen molar-refractivity contribution in [2.24, 2.45) is 0 Å². The molecule has 0 spiro atoms. The quantitative estimate of drug-likeness (QED) is 0.151. The summed E-state index contributed by atoms with van der Waals surface area (Å²) in [4.78, 5) is 36.5. The van der Waals surface area contributed by atoms with E-state index in [1.807, 2.05) is 0 Å². The van der Waals surface area contributed by atoms with Crippen LogP contribution in [0.25, 0.3) is 22.3 Å². The Kier molecular flexibility index (Phi) is 9.00. The van der Waals surface area contributed by atoms with Gasteiger partial charge in [-0.05, 0) is 49.2 Å². The Morgan fingerprint density at radius 2 is 1.08 bits per heavy atom. The second kappa shape index (κ2) is 12.2. The second-order valence-electron chi connectivity index (χ2n) is 8.82. The van der Waals surface area contributed by atoms with Crippen LogP contribution < -0.4 is 9.47 Å². The monoisotopic (exact) mass is 540 g/mol. The highest BCUT2D eigenvalue weighted by molar-refractivity contribution is 5.95. The molecule has 0 radical (unpaired) electrons. The third-order valence-electron chi connectivity index (χ3n) is 5.38. The van der Waals surface area contributed by atoms with Gasteiger partial charge in [0.15, 0.2) is 23.0 Å². The minimum absolute atomic E-state index is 0.109. The molecule has 206 valence electrons. The Balaban J connectivity index is 2.27. The van der Waals surface area contributed by atoms with Gasteiger partial charge in [0.05, 0.1) is 30.1 Å². The number of carbonyl (C=O) groups excluding carboxylic acids is 3. The van der Waals surface area contributed by atoms with E-state index in [9.17, 15) is 39.9 Å². The zero-order chi connectivity index (χ0) is 28.9. The Morgan fingerprint density at radius 1 is 0.692 bits per heavy atom. The summed E-state index contributed by atoms with van der Waals surface area (Å²) in [6.45, 7) is 4.00. The van der Waals surface area contributed by atoms with Gasteiger partial charge in [-0.2, -0.15) is 0 Å². The number of benzene rings is 3. The number of aliphatic hydroxyl groups is 1. The molecule has 0 bridgehead atoms. The summed E-state index contributed by atoms with van der Waals surface area (Å²) in [5.41, 5.74) is -0.155. The molecule has 0 aliphatic heterocycles. The predicted molar refractivity (Wildman–Crippen MR) is 137 cm³/mol. The first-order valence-electron chi connectivity index (χ1n) is 11.8. The molecule has 0 amide bonds. The number of aromatic hydroxyl groups is 4. The van der Waals surface area contributed by atoms with Crippen molar-refractivity contribution in [1.82, 2.24) is 0 Å². The van der Waals surface area contributed by atoms with Gasteiger partial charge >= 0.3 is 17.9 Å². The van der Waals surface area contributed by atoms with Gasteiger partial charge < -0.3 is 39.7 Å². The molecule has 5 N–H and O–H groups in total. The largest absolute Gasteiger partial charge is 0.508 e. The summed E-state index contributed by atoms with van der Waals surface area (Å²) in [5, 5.41) is 51.9. The van der Waals surface area contributed by atoms with E-state index in [1.165, 1.54) is 69.3 Å². The van der Waals surface area contributed by atoms with E-state index in [1.54, 1.807) is 0 Å². The maximum atomic E-state index is 12.8. The van der Waals surface area contributed by atoms with Crippen LogP contribution in [0.3, 0.4) is 0 Å². The summed E-state index contributed by atoms with van der Waals surface area (Å²) in [6.07, 6.45) is -2.76. The maximum absolute atomic E-state index is 12.8. The highest BCUT2D eigenvalue weighted by Crippen LogP contribution is 2.56. The molecule has 0 saturated carbocycles. The van der Waals surface area contributed by atoms with Gasteiger partial charge in [-0.3, -0.25) is 14.4 Å². The summed E-state index contributed by atoms with van der Waals surface area (Å²) in [5.74, 6) is -5.09. The normalized spacial score (nSPS) is 12.3. The lowest BCUT2D eigenvalue weighted by atomic mass is 9.95. The molecule has 2 atom stereocenters. The molecule has 2 unspecified atom stereocenters. The summed E-state index contributed by atoms with van der Waals surface area (Å²) in [7, 11) is 0. The third kappa shape index (κ3) is 7.17. The average molecular weight is 541 g/mol. The Hall–Kier alpha value is -4.77. The van der Waals surface area contributed by atoms with Crippen molar-refractivity contribution in [3.05, 3.63) is 48.5 Å². The number of carbonyl (C=O) groups is 3. The van der Waals surface area contributed by atoms with Crippen molar-refractivity contribution in [2.45, 2.75) is 45.8 Å². The van der Waals surface area contributed by atoms with Crippen LogP contribution in [-0.2, 0) is 19.1 Å². The molecule has 3 rings (SSSR count). The van der Waals surface area contributed by atoms with Crippen molar-refractivity contribution in [2.75, 3.05) is 0 Å². The number of phenols is 4. The van der Waals surface area contributed by atoms with Gasteiger partial charge in [0.25, 0.3) is 0 Å². The van der Waals surface area contributed by atoms with E-state index in [4.69, 9.17) is 14.2 Å². The summed E-state index contributed by atoms with van der Waals surface area (Å²) in [6, 6.07) is 10.6. The van der Waals surface area contributed by atoms with Crippen LogP contribution in [0.15, 0.2) is 48.5 Å². The van der Waals surface area contributed by atoms with Gasteiger partial charge in [0.2, 0.25) is 0 Å². The summed E-state index contributed by atoms with van der Waals surface area (Å²) < 4.78 is 15.8. The first-order valence-corrected chi connectivity index (χ1v) is 11.8. The maximum Gasteiger partial charge on any atom is 0.315 e. The number of ether oxygens (including phenoxy) is 3. The minimum Gasteiger partial charge on any atom is -0.508 e. The molecule has 11 heteroatoms. The van der Waals surface area contributed by atoms with E-state index >= 15 is 0 Å². The van der Waals surface area contributed by atoms with Gasteiger partial charge in [-0.15, -0.1) is 0 Å². The van der Waals surface area contributed by atoms with Gasteiger partial charge in [-0.1, -0.05) is 24.3 Å². The highest BCUT2D eigenvalue weighted by atomic mass is 16.6. The molecule has 0 aliphatic rings. The van der Waals surface area contributed by atoms with Gasteiger partial charge in [-0.25, -0.2) is 0 Å². The zero-order valence-electron chi connectivity index (χ0n) is 21.4. The number of aliphatic hydroxyl groups excluding tert-OH is 1. The van der Waals surface area contributed by atoms with Crippen LogP contribution in [0.5, 0.6) is 34.5 Å². The van der Waals surface area contributed by atoms with Crippen molar-refractivity contribution >= 4 is 17.9 Å². The summed E-state index contributed by atoms with van der Waals surface area (Å²) >= 11 is 0. The van der Waals surface area contributed by atoms with Crippen LogP contribution in [0.4, 0.5) is 0 Å². The Morgan fingerprint density at radius 3 is 1.44 bits per heavy atom. The van der Waals surface area contributed by atoms with Crippen LogP contribution in [-0.4, -0.2) is 55.6 Å². The van der Waals surface area contributed by atoms with E-state index in [0.717, 1.165) is 0 Å². The lowest BCUT2D eigenvalue weighted by molar-refractivity contribution is -0.149. The second-order valence-corrected chi connectivity index (χ2v) is 8.82. The van der Waals surface area contributed by atoms with Gasteiger partial charge in [0.1, 0.15) is 17.6 Å². The van der Waals surface area contributed by atoms with E-state index in [0.29, 0.717) is 0 Å². The first-order chi connectivity index (χ1) is 18.4. The molecule has 0 saturated heterocycles. The molecule has 3 aromatic rings. The third-order valence-corrected chi connectivity index (χ3v) is 5.38. The SMILES string of the molecule is CC(=O)OC(C)CC(=O)Oc1c(O)c(-c2ccc(O)cc2)c(OC(=O)CC(C)O)c(O)c1-c1ccc(O)cc1. The fourth-order valence-electron chi connectivity index (χ4n) is 3.78. The lowest BCUT2D eigenvalue weighted by Crippen LogP contribution is -2.20. The zero-order valence-corrected chi connectivity index (χ0v) is 21.4. The van der Waals surface area contributed by atoms with Gasteiger partial charge in [0, 0.05) is 6.92 Å². The van der Waals surface area contributed by atoms with Crippen LogP contribution in [0.1, 0.15) is 33.6 Å². The average Bonchev–Trinajstić information content (AvgIpc) is 2.83. The van der Waals surface area contributed by atoms with Crippen molar-refractivity contribution in [3.8, 4) is 56.8 Å². The van der Waals surface area contributed by atoms with Crippen molar-refractivity contribution in [3.63, 3.8) is 0 Å². The number of hydrogen-bond acceptors (Lipinski definition) is 11. The van der Waals surface area contributed by atoms with E-state index < -0.39 is 66.0 Å². The number of esters is 3. The lowest BCUT2D eigenvalue weighted by Gasteiger charge is -2.21. The Labute approximate surface area is 223 Å².